The highest BCUT2D eigenvalue weighted by molar-refractivity contribution is 8.14. The molecule has 0 aliphatic carbocycles. The van der Waals surface area contributed by atoms with E-state index in [0.29, 0.717) is 12.8 Å². The summed E-state index contributed by atoms with van der Waals surface area (Å²) in [6, 6.07) is 0. The molecular weight excluding hydrogens is 172 g/mol. The zero-order valence-electron chi connectivity index (χ0n) is 6.67. The third kappa shape index (κ3) is 2.97. The van der Waals surface area contributed by atoms with E-state index in [4.69, 9.17) is 6.42 Å². The van der Waals surface area contributed by atoms with Crippen molar-refractivity contribution in [1.82, 2.24) is 5.32 Å². The Kier molecular flexibility index (Phi) is 3.68. The zero-order chi connectivity index (χ0) is 8.81. The summed E-state index contributed by atoms with van der Waals surface area (Å²) in [6.45, 7) is 0.801. The van der Waals surface area contributed by atoms with E-state index in [-0.39, 0.29) is 5.91 Å². The molecule has 12 heavy (non-hydrogen) atoms. The molecule has 0 aromatic rings. The number of nitrogens with one attached hydrogen (secondary N) is 1. The number of nitrogens with zero attached hydrogens (tertiary/aromatic N) is 1. The van der Waals surface area contributed by atoms with Gasteiger partial charge >= 0.3 is 0 Å². The fourth-order valence-corrected chi connectivity index (χ4v) is 1.52. The van der Waals surface area contributed by atoms with Crippen LogP contribution in [0.15, 0.2) is 4.99 Å². The maximum atomic E-state index is 11.1. The average molecular weight is 182 g/mol. The quantitative estimate of drug-likeness (QED) is 0.636. The van der Waals surface area contributed by atoms with Crippen LogP contribution < -0.4 is 5.32 Å². The van der Waals surface area contributed by atoms with E-state index in [9.17, 15) is 4.79 Å². The van der Waals surface area contributed by atoms with Crippen molar-refractivity contribution >= 4 is 22.8 Å². The highest BCUT2D eigenvalue weighted by atomic mass is 32.2. The van der Waals surface area contributed by atoms with E-state index in [0.717, 1.165) is 17.5 Å². The minimum absolute atomic E-state index is 0.0406. The van der Waals surface area contributed by atoms with Gasteiger partial charge in [-0.2, -0.15) is 0 Å². The molecule has 1 aliphatic rings. The molecule has 0 unspecified atom stereocenters. The van der Waals surface area contributed by atoms with Gasteiger partial charge in [-0.05, 0) is 0 Å². The second-order valence-corrected chi connectivity index (χ2v) is 3.37. The second kappa shape index (κ2) is 4.83. The Labute approximate surface area is 76.0 Å². The molecule has 1 N–H and O–H groups in total. The maximum absolute atomic E-state index is 11.1. The predicted octanol–water partition coefficient (Wildman–Crippen LogP) is 0.619. The number of amidine groups is 1. The Morgan fingerprint density at radius 3 is 3.25 bits per heavy atom. The summed E-state index contributed by atoms with van der Waals surface area (Å²) >= 11 is 1.57. The number of rotatable bonds is 2. The van der Waals surface area contributed by atoms with Crippen molar-refractivity contribution in [3.63, 3.8) is 0 Å². The van der Waals surface area contributed by atoms with Gasteiger partial charge in [0.15, 0.2) is 5.17 Å². The number of carbonyl (C=O) groups excluding carboxylic acids is 1. The maximum Gasteiger partial charge on any atom is 0.226 e. The first-order chi connectivity index (χ1) is 5.83. The number of thioether (sulfide) groups is 1. The van der Waals surface area contributed by atoms with Crippen LogP contribution in [0.5, 0.6) is 0 Å². The summed E-state index contributed by atoms with van der Waals surface area (Å²) in [5, 5.41) is 3.43. The van der Waals surface area contributed by atoms with Gasteiger partial charge in [0.05, 0.1) is 6.54 Å². The van der Waals surface area contributed by atoms with Crippen molar-refractivity contribution in [2.75, 3.05) is 12.3 Å². The molecule has 0 spiro atoms. The number of terminal acetylenes is 1. The number of hydrogen-bond acceptors (Lipinski definition) is 3. The minimum atomic E-state index is -0.0406. The summed E-state index contributed by atoms with van der Waals surface area (Å²) < 4.78 is 0. The van der Waals surface area contributed by atoms with Crippen LogP contribution in [0.4, 0.5) is 0 Å². The van der Waals surface area contributed by atoms with E-state index >= 15 is 0 Å². The number of amides is 1. The van der Waals surface area contributed by atoms with Crippen molar-refractivity contribution in [3.8, 4) is 12.3 Å². The molecule has 0 radical (unpaired) electrons. The summed E-state index contributed by atoms with van der Waals surface area (Å²) in [6.07, 6.45) is 5.89. The lowest BCUT2D eigenvalue weighted by Gasteiger charge is -2.00. The zero-order valence-corrected chi connectivity index (χ0v) is 7.49. The number of hydrogen-bond donors (Lipinski definition) is 1. The largest absolute Gasteiger partial charge is 0.305 e. The number of aliphatic imine (C=N–C) groups is 1. The lowest BCUT2D eigenvalue weighted by atomic mass is 10.3. The van der Waals surface area contributed by atoms with Gasteiger partial charge in [-0.1, -0.05) is 11.8 Å². The number of carbonyl (C=O) groups is 1. The van der Waals surface area contributed by atoms with Crippen LogP contribution in [-0.2, 0) is 4.79 Å². The molecule has 4 heteroatoms. The molecular formula is C8H10N2OS. The summed E-state index contributed by atoms with van der Waals surface area (Å²) in [4.78, 5) is 15.1. The van der Waals surface area contributed by atoms with Gasteiger partial charge in [-0.25, -0.2) is 0 Å². The highest BCUT2D eigenvalue weighted by Gasteiger charge is 2.09. The van der Waals surface area contributed by atoms with Crippen molar-refractivity contribution in [1.29, 1.82) is 0 Å². The van der Waals surface area contributed by atoms with Gasteiger partial charge in [0.2, 0.25) is 5.91 Å². The Morgan fingerprint density at radius 1 is 1.83 bits per heavy atom. The molecule has 64 valence electrons. The first-order valence-corrected chi connectivity index (χ1v) is 4.72. The van der Waals surface area contributed by atoms with Crippen LogP contribution in [0, 0.1) is 12.3 Å². The summed E-state index contributed by atoms with van der Waals surface area (Å²) in [5.74, 6) is 3.34. The van der Waals surface area contributed by atoms with E-state index in [1.54, 1.807) is 11.8 Å². The highest BCUT2D eigenvalue weighted by Crippen LogP contribution is 2.08. The monoisotopic (exact) mass is 182 g/mol. The minimum Gasteiger partial charge on any atom is -0.305 e. The van der Waals surface area contributed by atoms with Gasteiger partial charge in [-0.15, -0.1) is 12.3 Å². The van der Waals surface area contributed by atoms with E-state index < -0.39 is 0 Å². The molecule has 0 saturated carbocycles. The molecule has 0 atom stereocenters. The Morgan fingerprint density at radius 2 is 2.67 bits per heavy atom. The first-order valence-electron chi connectivity index (χ1n) is 3.73. The Balaban J connectivity index is 2.22. The van der Waals surface area contributed by atoms with Crippen LogP contribution in [0.2, 0.25) is 0 Å². The average Bonchev–Trinajstić information content (AvgIpc) is 2.53. The summed E-state index contributed by atoms with van der Waals surface area (Å²) in [7, 11) is 0. The molecule has 1 amide bonds. The third-order valence-electron chi connectivity index (χ3n) is 1.33. The molecule has 0 saturated heterocycles. The molecule has 0 aromatic heterocycles. The second-order valence-electron chi connectivity index (χ2n) is 2.29. The molecule has 0 fully saturated rings. The van der Waals surface area contributed by atoms with Crippen LogP contribution >= 0.6 is 11.8 Å². The standard InChI is InChI=1S/C8H10N2OS/c1-2-3-4-7(11)10-8-9-5-6-12-8/h1H,3-6H2,(H,9,10,11). The van der Waals surface area contributed by atoms with Crippen molar-refractivity contribution < 1.29 is 4.79 Å². The van der Waals surface area contributed by atoms with Gasteiger partial charge in [-0.3, -0.25) is 9.79 Å². The Bertz CT molecular complexity index is 242. The van der Waals surface area contributed by atoms with E-state index in [2.05, 4.69) is 16.2 Å². The third-order valence-corrected chi connectivity index (χ3v) is 2.22. The molecule has 1 rings (SSSR count). The smallest absolute Gasteiger partial charge is 0.226 e. The van der Waals surface area contributed by atoms with Gasteiger partial charge in [0, 0.05) is 18.6 Å². The van der Waals surface area contributed by atoms with Crippen molar-refractivity contribution in [2.24, 2.45) is 4.99 Å². The lowest BCUT2D eigenvalue weighted by molar-refractivity contribution is -0.119. The molecule has 1 heterocycles. The van der Waals surface area contributed by atoms with Gasteiger partial charge < -0.3 is 5.32 Å². The van der Waals surface area contributed by atoms with Crippen LogP contribution in [-0.4, -0.2) is 23.4 Å². The molecule has 0 bridgehead atoms. The molecule has 1 aliphatic heterocycles. The van der Waals surface area contributed by atoms with Gasteiger partial charge in [0.25, 0.3) is 0 Å². The van der Waals surface area contributed by atoms with Crippen molar-refractivity contribution in [2.45, 2.75) is 12.8 Å². The van der Waals surface area contributed by atoms with E-state index in [1.807, 2.05) is 0 Å². The summed E-state index contributed by atoms with van der Waals surface area (Å²) in [5.41, 5.74) is 0. The van der Waals surface area contributed by atoms with Crippen LogP contribution in [0.1, 0.15) is 12.8 Å². The SMILES string of the molecule is C#CCCC(=O)NC1=NCCS1. The van der Waals surface area contributed by atoms with Crippen LogP contribution in [0.25, 0.3) is 0 Å². The first kappa shape index (κ1) is 9.14. The fourth-order valence-electron chi connectivity index (χ4n) is 0.778. The molecule has 0 aromatic carbocycles. The van der Waals surface area contributed by atoms with Crippen LogP contribution in [0.3, 0.4) is 0 Å². The van der Waals surface area contributed by atoms with Gasteiger partial charge in [0.1, 0.15) is 0 Å². The Hall–Kier alpha value is -0.950. The lowest BCUT2D eigenvalue weighted by Crippen LogP contribution is -2.26. The molecule has 3 nitrogen and oxygen atoms in total. The fraction of sp³-hybridized carbons (Fsp3) is 0.500. The normalized spacial score (nSPS) is 15.1. The van der Waals surface area contributed by atoms with E-state index in [1.165, 1.54) is 0 Å². The predicted molar refractivity (Wildman–Crippen MR) is 51.0 cm³/mol. The van der Waals surface area contributed by atoms with Crippen molar-refractivity contribution in [3.05, 3.63) is 0 Å². The topological polar surface area (TPSA) is 41.5 Å².